The fourth-order valence-corrected chi connectivity index (χ4v) is 2.43. The molecule has 6 heteroatoms. The summed E-state index contributed by atoms with van der Waals surface area (Å²) in [4.78, 5) is 15.8. The number of benzene rings is 1. The van der Waals surface area contributed by atoms with Gasteiger partial charge in [-0.1, -0.05) is 17.7 Å². The summed E-state index contributed by atoms with van der Waals surface area (Å²) in [6.07, 6.45) is -1.08. The van der Waals surface area contributed by atoms with Crippen LogP contribution in [-0.2, 0) is 0 Å². The molecule has 0 saturated carbocycles. The van der Waals surface area contributed by atoms with Gasteiger partial charge in [-0.05, 0) is 36.4 Å². The number of ether oxygens (including phenoxy) is 1. The second-order valence-electron chi connectivity index (χ2n) is 4.42. The number of methoxy groups -OCH3 is 1. The Balaban J connectivity index is 2.31. The maximum atomic E-state index is 11.6. The molecular formula is C15H11ClN2O3. The van der Waals surface area contributed by atoms with Crippen LogP contribution in [0.1, 0.15) is 0 Å². The van der Waals surface area contributed by atoms with Gasteiger partial charge >= 0.3 is 6.09 Å². The van der Waals surface area contributed by atoms with Crippen molar-refractivity contribution < 1.29 is 14.6 Å². The molecular weight excluding hydrogens is 292 g/mol. The van der Waals surface area contributed by atoms with Crippen molar-refractivity contribution in [1.82, 2.24) is 9.55 Å². The molecule has 0 spiro atoms. The predicted molar refractivity (Wildman–Crippen MR) is 80.2 cm³/mol. The minimum absolute atomic E-state index is 0.312. The molecule has 0 radical (unpaired) electrons. The van der Waals surface area contributed by atoms with E-state index in [4.69, 9.17) is 16.3 Å². The van der Waals surface area contributed by atoms with Crippen LogP contribution in [0.3, 0.4) is 0 Å². The van der Waals surface area contributed by atoms with Crippen molar-refractivity contribution in [3.63, 3.8) is 0 Å². The molecule has 2 heterocycles. The molecule has 0 aliphatic carbocycles. The SMILES string of the molecule is COc1ccc2c(c1)cc(-c1cccc(Cl)n1)n2C(=O)O. The number of fused-ring (bicyclic) bond motifs is 1. The molecule has 0 bridgehead atoms. The summed E-state index contributed by atoms with van der Waals surface area (Å²) in [6.45, 7) is 0. The van der Waals surface area contributed by atoms with Gasteiger partial charge in [0.15, 0.2) is 0 Å². The van der Waals surface area contributed by atoms with Crippen molar-refractivity contribution in [2.75, 3.05) is 7.11 Å². The second kappa shape index (κ2) is 5.10. The molecule has 0 saturated heterocycles. The Hall–Kier alpha value is -2.53. The lowest BCUT2D eigenvalue weighted by Gasteiger charge is -2.05. The lowest BCUT2D eigenvalue weighted by atomic mass is 10.2. The lowest BCUT2D eigenvalue weighted by Crippen LogP contribution is -2.09. The van der Waals surface area contributed by atoms with Crippen LogP contribution in [0.15, 0.2) is 42.5 Å². The first-order chi connectivity index (χ1) is 10.1. The molecule has 3 aromatic rings. The first-order valence-electron chi connectivity index (χ1n) is 6.16. The topological polar surface area (TPSA) is 64.4 Å². The standard InChI is InChI=1S/C15H11ClN2O3/c1-21-10-5-6-12-9(7-10)8-13(18(12)15(19)20)11-3-2-4-14(16)17-11/h2-8H,1H3,(H,19,20). The number of halogens is 1. The maximum Gasteiger partial charge on any atom is 0.416 e. The summed E-state index contributed by atoms with van der Waals surface area (Å²) in [5, 5.41) is 10.6. The van der Waals surface area contributed by atoms with Crippen LogP contribution >= 0.6 is 11.6 Å². The van der Waals surface area contributed by atoms with Crippen LogP contribution in [0.4, 0.5) is 4.79 Å². The van der Waals surface area contributed by atoms with E-state index in [1.807, 2.05) is 0 Å². The molecule has 1 aromatic carbocycles. The van der Waals surface area contributed by atoms with E-state index in [0.29, 0.717) is 27.8 Å². The van der Waals surface area contributed by atoms with Gasteiger partial charge in [-0.3, -0.25) is 0 Å². The number of carbonyl (C=O) groups is 1. The van der Waals surface area contributed by atoms with Crippen molar-refractivity contribution >= 4 is 28.6 Å². The fourth-order valence-electron chi connectivity index (χ4n) is 2.27. The molecule has 5 nitrogen and oxygen atoms in total. The number of aromatic nitrogens is 2. The van der Waals surface area contributed by atoms with E-state index >= 15 is 0 Å². The van der Waals surface area contributed by atoms with Gasteiger partial charge in [0, 0.05) is 5.39 Å². The molecule has 0 fully saturated rings. The molecule has 0 unspecified atom stereocenters. The zero-order chi connectivity index (χ0) is 15.0. The van der Waals surface area contributed by atoms with Gasteiger partial charge in [0.05, 0.1) is 24.0 Å². The van der Waals surface area contributed by atoms with Crippen molar-refractivity contribution in [3.8, 4) is 17.1 Å². The largest absolute Gasteiger partial charge is 0.497 e. The molecule has 106 valence electrons. The van der Waals surface area contributed by atoms with E-state index in [9.17, 15) is 9.90 Å². The summed E-state index contributed by atoms with van der Waals surface area (Å²) in [7, 11) is 1.56. The Morgan fingerprint density at radius 1 is 1.29 bits per heavy atom. The Labute approximate surface area is 125 Å². The maximum absolute atomic E-state index is 11.6. The Morgan fingerprint density at radius 3 is 2.76 bits per heavy atom. The third-order valence-corrected chi connectivity index (χ3v) is 3.39. The highest BCUT2D eigenvalue weighted by atomic mass is 35.5. The van der Waals surface area contributed by atoms with Gasteiger partial charge in [0.1, 0.15) is 10.9 Å². The van der Waals surface area contributed by atoms with Crippen LogP contribution < -0.4 is 4.74 Å². The van der Waals surface area contributed by atoms with Crippen molar-refractivity contribution in [2.24, 2.45) is 0 Å². The number of nitrogens with zero attached hydrogens (tertiary/aromatic N) is 2. The van der Waals surface area contributed by atoms with Gasteiger partial charge in [-0.2, -0.15) is 0 Å². The highest BCUT2D eigenvalue weighted by Crippen LogP contribution is 2.30. The number of hydrogen-bond acceptors (Lipinski definition) is 3. The van der Waals surface area contributed by atoms with E-state index in [-0.39, 0.29) is 0 Å². The van der Waals surface area contributed by atoms with Crippen LogP contribution in [0.25, 0.3) is 22.3 Å². The molecule has 0 aliphatic rings. The zero-order valence-electron chi connectivity index (χ0n) is 11.1. The molecule has 0 aliphatic heterocycles. The van der Waals surface area contributed by atoms with Crippen molar-refractivity contribution in [2.45, 2.75) is 0 Å². The average Bonchev–Trinajstić information content (AvgIpc) is 2.85. The summed E-state index contributed by atoms with van der Waals surface area (Å²) < 4.78 is 6.35. The van der Waals surface area contributed by atoms with Crippen LogP contribution in [-0.4, -0.2) is 27.9 Å². The summed E-state index contributed by atoms with van der Waals surface area (Å²) in [5.41, 5.74) is 1.54. The molecule has 1 N–H and O–H groups in total. The van der Waals surface area contributed by atoms with E-state index in [1.165, 1.54) is 4.57 Å². The summed E-state index contributed by atoms with van der Waals surface area (Å²) >= 11 is 5.89. The third-order valence-electron chi connectivity index (χ3n) is 3.18. The number of pyridine rings is 1. The molecule has 0 atom stereocenters. The van der Waals surface area contributed by atoms with E-state index < -0.39 is 6.09 Å². The Kier molecular flexibility index (Phi) is 3.27. The number of carboxylic acid groups (broad SMARTS) is 1. The highest BCUT2D eigenvalue weighted by molar-refractivity contribution is 6.29. The minimum atomic E-state index is -1.08. The highest BCUT2D eigenvalue weighted by Gasteiger charge is 2.17. The summed E-state index contributed by atoms with van der Waals surface area (Å²) in [5.74, 6) is 0.663. The number of rotatable bonds is 2. The monoisotopic (exact) mass is 302 g/mol. The Bertz CT molecular complexity index is 842. The van der Waals surface area contributed by atoms with Crippen LogP contribution in [0.5, 0.6) is 5.75 Å². The van der Waals surface area contributed by atoms with E-state index in [1.54, 1.807) is 49.6 Å². The average molecular weight is 303 g/mol. The fraction of sp³-hybridized carbons (Fsp3) is 0.0667. The van der Waals surface area contributed by atoms with Gasteiger partial charge in [0.25, 0.3) is 0 Å². The van der Waals surface area contributed by atoms with Gasteiger partial charge < -0.3 is 9.84 Å². The Morgan fingerprint density at radius 2 is 2.10 bits per heavy atom. The quantitative estimate of drug-likeness (QED) is 0.729. The molecule has 0 amide bonds. The van der Waals surface area contributed by atoms with Gasteiger partial charge in [0.2, 0.25) is 0 Å². The number of hydrogen-bond donors (Lipinski definition) is 1. The second-order valence-corrected chi connectivity index (χ2v) is 4.81. The van der Waals surface area contributed by atoms with Gasteiger partial charge in [-0.25, -0.2) is 14.3 Å². The molecule has 2 aromatic heterocycles. The third kappa shape index (κ3) is 2.32. The molecule has 21 heavy (non-hydrogen) atoms. The predicted octanol–water partition coefficient (Wildman–Crippen LogP) is 3.89. The van der Waals surface area contributed by atoms with Crippen LogP contribution in [0.2, 0.25) is 5.15 Å². The molecule has 3 rings (SSSR count). The van der Waals surface area contributed by atoms with Crippen molar-refractivity contribution in [1.29, 1.82) is 0 Å². The van der Waals surface area contributed by atoms with Crippen LogP contribution in [0, 0.1) is 0 Å². The smallest absolute Gasteiger partial charge is 0.416 e. The lowest BCUT2D eigenvalue weighted by molar-refractivity contribution is 0.198. The van der Waals surface area contributed by atoms with E-state index in [2.05, 4.69) is 4.98 Å². The van der Waals surface area contributed by atoms with Crippen molar-refractivity contribution in [3.05, 3.63) is 47.6 Å². The summed E-state index contributed by atoms with van der Waals surface area (Å²) in [6, 6.07) is 12.1. The first-order valence-corrected chi connectivity index (χ1v) is 6.53. The van der Waals surface area contributed by atoms with Gasteiger partial charge in [-0.15, -0.1) is 0 Å². The normalized spacial score (nSPS) is 10.8. The minimum Gasteiger partial charge on any atom is -0.497 e. The zero-order valence-corrected chi connectivity index (χ0v) is 11.8. The van der Waals surface area contributed by atoms with E-state index in [0.717, 1.165) is 5.39 Å². The first kappa shape index (κ1) is 13.5.